The largest absolute Gasteiger partial charge is 0.361 e. The lowest BCUT2D eigenvalue weighted by molar-refractivity contribution is 0.106. The lowest BCUT2D eigenvalue weighted by Gasteiger charge is -2.16. The van der Waals surface area contributed by atoms with Crippen molar-refractivity contribution < 1.29 is 17.8 Å². The molecule has 0 heterocycles. The van der Waals surface area contributed by atoms with Crippen LogP contribution in [-0.2, 0) is 10.1 Å². The second-order valence-corrected chi connectivity index (χ2v) is 5.48. The first-order chi connectivity index (χ1) is 8.84. The number of carbonyl (C=O) groups excluding carboxylic acids is 1. The van der Waals surface area contributed by atoms with Crippen molar-refractivity contribution in [1.29, 1.82) is 0 Å². The van der Waals surface area contributed by atoms with Crippen molar-refractivity contribution in [3.63, 3.8) is 0 Å². The molecule has 0 saturated heterocycles. The molecule has 0 fully saturated rings. The molecule has 0 amide bonds. The number of Topliss-reactive ketones (excluding diaryl/α,β-unsaturated/α-hetero) is 1. The zero-order valence-electron chi connectivity index (χ0n) is 10.3. The molecule has 0 unspecified atom stereocenters. The van der Waals surface area contributed by atoms with Crippen LogP contribution >= 0.6 is 0 Å². The predicted octanol–water partition coefficient (Wildman–Crippen LogP) is -0.0863. The van der Waals surface area contributed by atoms with Crippen LogP contribution in [0.25, 0.3) is 6.08 Å². The summed E-state index contributed by atoms with van der Waals surface area (Å²) >= 11 is 0. The van der Waals surface area contributed by atoms with Crippen molar-refractivity contribution in [3.05, 3.63) is 39.8 Å². The van der Waals surface area contributed by atoms with E-state index in [9.17, 15) is 17.8 Å². The van der Waals surface area contributed by atoms with Gasteiger partial charge in [0, 0.05) is 5.56 Å². The Hall–Kier alpha value is -1.93. The Morgan fingerprint density at radius 1 is 1.37 bits per heavy atom. The third-order valence-electron chi connectivity index (χ3n) is 2.69. The fourth-order valence-electron chi connectivity index (χ4n) is 1.87. The van der Waals surface area contributed by atoms with Crippen LogP contribution in [-0.4, -0.2) is 32.4 Å². The molecule has 0 radical (unpaired) electrons. The van der Waals surface area contributed by atoms with Crippen molar-refractivity contribution in [2.24, 2.45) is 5.10 Å². The number of nitrogens with one attached hydrogen (secondary N) is 1. The molecular formula is C11H11BN2O4S. The summed E-state index contributed by atoms with van der Waals surface area (Å²) < 4.78 is 31.9. The zero-order valence-corrected chi connectivity index (χ0v) is 11.2. The van der Waals surface area contributed by atoms with Crippen LogP contribution in [0.2, 0.25) is 0 Å². The highest BCUT2D eigenvalue weighted by Crippen LogP contribution is 2.26. The first-order valence-electron chi connectivity index (χ1n) is 5.44. The molecule has 0 saturated carbocycles. The number of hydrazone groups is 1. The van der Waals surface area contributed by atoms with Gasteiger partial charge in [-0.15, -0.1) is 0 Å². The highest BCUT2D eigenvalue weighted by atomic mass is 32.2. The van der Waals surface area contributed by atoms with E-state index >= 15 is 0 Å². The van der Waals surface area contributed by atoms with E-state index in [0.717, 1.165) is 5.56 Å². The molecule has 0 bridgehead atoms. The average Bonchev–Trinajstić information content (AvgIpc) is 2.31. The van der Waals surface area contributed by atoms with E-state index in [-0.39, 0.29) is 5.71 Å². The molecule has 1 aromatic carbocycles. The zero-order chi connectivity index (χ0) is 14.2. The number of hydrogen-bond donors (Lipinski definition) is 2. The van der Waals surface area contributed by atoms with Crippen molar-refractivity contribution in [2.45, 2.75) is 6.92 Å². The molecule has 0 spiro atoms. The van der Waals surface area contributed by atoms with Gasteiger partial charge in [-0.25, -0.2) is 0 Å². The minimum Gasteiger partial charge on any atom is -0.361 e. The molecule has 0 aromatic heterocycles. The number of hydrogen-bond acceptors (Lipinski definition) is 5. The van der Waals surface area contributed by atoms with Gasteiger partial charge in [-0.3, -0.25) is 9.35 Å². The SMILES string of the molecule is BN/N=C1\C(=O)c2ccc(C)cc2C=C1S(=O)(=O)O. The van der Waals surface area contributed by atoms with E-state index < -0.39 is 20.8 Å². The van der Waals surface area contributed by atoms with Crippen molar-refractivity contribution in [2.75, 3.05) is 0 Å². The Kier molecular flexibility index (Phi) is 3.29. The normalized spacial score (nSPS) is 17.1. The Labute approximate surface area is 111 Å². The number of carbonyl (C=O) groups is 1. The minimum absolute atomic E-state index is 0.318. The molecule has 0 atom stereocenters. The monoisotopic (exact) mass is 278 g/mol. The Morgan fingerprint density at radius 2 is 2.05 bits per heavy atom. The molecule has 0 aliphatic heterocycles. The molecule has 8 heteroatoms. The molecule has 2 N–H and O–H groups in total. The van der Waals surface area contributed by atoms with Gasteiger partial charge in [-0.1, -0.05) is 23.8 Å². The average molecular weight is 278 g/mol. The quantitative estimate of drug-likeness (QED) is 0.448. The first kappa shape index (κ1) is 13.5. The van der Waals surface area contributed by atoms with E-state index in [2.05, 4.69) is 10.4 Å². The van der Waals surface area contributed by atoms with Crippen LogP contribution in [0.15, 0.2) is 28.2 Å². The fraction of sp³-hybridized carbons (Fsp3) is 0.0909. The van der Waals surface area contributed by atoms with Gasteiger partial charge in [-0.2, -0.15) is 13.5 Å². The van der Waals surface area contributed by atoms with Gasteiger partial charge in [0.2, 0.25) is 13.8 Å². The van der Waals surface area contributed by atoms with E-state index in [0.29, 0.717) is 11.1 Å². The Balaban J connectivity index is 2.76. The number of allylic oxidation sites excluding steroid dienone is 1. The second-order valence-electron chi connectivity index (χ2n) is 4.09. The van der Waals surface area contributed by atoms with Gasteiger partial charge in [0.15, 0.2) is 5.71 Å². The van der Waals surface area contributed by atoms with Crippen molar-refractivity contribution in [1.82, 2.24) is 5.34 Å². The summed E-state index contributed by atoms with van der Waals surface area (Å²) in [5.74, 6) is -0.542. The lowest BCUT2D eigenvalue weighted by atomic mass is 9.93. The van der Waals surface area contributed by atoms with E-state index in [1.54, 1.807) is 18.2 Å². The minimum atomic E-state index is -4.52. The van der Waals surface area contributed by atoms with Crippen LogP contribution in [0.3, 0.4) is 0 Å². The number of rotatable bonds is 2. The molecule has 2 rings (SSSR count). The van der Waals surface area contributed by atoms with Gasteiger partial charge >= 0.3 is 0 Å². The summed E-state index contributed by atoms with van der Waals surface area (Å²) in [5, 5.41) is 6.01. The molecule has 6 nitrogen and oxygen atoms in total. The van der Waals surface area contributed by atoms with E-state index in [4.69, 9.17) is 0 Å². The van der Waals surface area contributed by atoms with Gasteiger partial charge in [-0.05, 0) is 18.6 Å². The van der Waals surface area contributed by atoms with Gasteiger partial charge < -0.3 is 5.34 Å². The molecule has 1 aliphatic carbocycles. The maximum atomic E-state index is 12.2. The maximum absolute atomic E-state index is 12.2. The summed E-state index contributed by atoms with van der Waals surface area (Å²) in [6.07, 6.45) is 1.25. The van der Waals surface area contributed by atoms with E-state index in [1.807, 2.05) is 6.92 Å². The molecule has 98 valence electrons. The summed E-state index contributed by atoms with van der Waals surface area (Å²) in [5.41, 5.74) is 1.37. The Morgan fingerprint density at radius 3 is 2.63 bits per heavy atom. The lowest BCUT2D eigenvalue weighted by Crippen LogP contribution is -2.28. The van der Waals surface area contributed by atoms with Crippen molar-refractivity contribution in [3.8, 4) is 0 Å². The number of benzene rings is 1. The highest BCUT2D eigenvalue weighted by Gasteiger charge is 2.32. The van der Waals surface area contributed by atoms with Crippen LogP contribution in [0.4, 0.5) is 0 Å². The molecule has 19 heavy (non-hydrogen) atoms. The first-order valence-corrected chi connectivity index (χ1v) is 6.88. The summed E-state index contributed by atoms with van der Waals surface area (Å²) in [6.45, 7) is 1.82. The second kappa shape index (κ2) is 4.63. The maximum Gasteiger partial charge on any atom is 0.296 e. The van der Waals surface area contributed by atoms with Crippen LogP contribution < -0.4 is 5.34 Å². The fourth-order valence-corrected chi connectivity index (χ4v) is 2.53. The van der Waals surface area contributed by atoms with Crippen LogP contribution in [0, 0.1) is 6.92 Å². The van der Waals surface area contributed by atoms with Crippen LogP contribution in [0.1, 0.15) is 21.5 Å². The van der Waals surface area contributed by atoms with E-state index in [1.165, 1.54) is 14.1 Å². The van der Waals surface area contributed by atoms with Gasteiger partial charge in [0.05, 0.1) is 0 Å². The summed E-state index contributed by atoms with van der Waals surface area (Å²) in [6, 6.07) is 5.03. The third kappa shape index (κ3) is 2.45. The number of nitrogens with zero attached hydrogens (tertiary/aromatic N) is 1. The predicted molar refractivity (Wildman–Crippen MR) is 74.1 cm³/mol. The standard InChI is InChI=1S/C11H11BN2O4S/c1-6-2-3-8-7(4-6)5-9(19(16,17)18)10(11(8)15)13-14-12/h2-5,14H,12H2,1H3,(H,16,17,18)/b13-10-. The molecule has 1 aromatic rings. The number of fused-ring (bicyclic) bond motifs is 1. The smallest absolute Gasteiger partial charge is 0.296 e. The summed E-state index contributed by atoms with van der Waals surface area (Å²) in [7, 11) is -3.08. The van der Waals surface area contributed by atoms with Gasteiger partial charge in [0.25, 0.3) is 10.1 Å². The molecular weight excluding hydrogens is 267 g/mol. The summed E-state index contributed by atoms with van der Waals surface area (Å²) in [4.78, 5) is 11.7. The Bertz CT molecular complexity index is 722. The topological polar surface area (TPSA) is 95.8 Å². The van der Waals surface area contributed by atoms with Crippen LogP contribution in [0.5, 0.6) is 0 Å². The van der Waals surface area contributed by atoms with Crippen molar-refractivity contribution >= 4 is 35.7 Å². The number of ketones is 1. The highest BCUT2D eigenvalue weighted by molar-refractivity contribution is 7.91. The van der Waals surface area contributed by atoms with Gasteiger partial charge in [0.1, 0.15) is 4.91 Å². The third-order valence-corrected chi connectivity index (χ3v) is 3.56. The molecule has 1 aliphatic rings. The number of aryl methyl sites for hydroxylation is 1.